The molecule has 1 aliphatic rings. The predicted octanol–water partition coefficient (Wildman–Crippen LogP) is 6.65. The van der Waals surface area contributed by atoms with Gasteiger partial charge in [-0.2, -0.15) is 0 Å². The lowest BCUT2D eigenvalue weighted by Gasteiger charge is -2.26. The Morgan fingerprint density at radius 1 is 1.00 bits per heavy atom. The fourth-order valence-corrected chi connectivity index (χ4v) is 4.87. The summed E-state index contributed by atoms with van der Waals surface area (Å²) in [4.78, 5) is 14.3. The van der Waals surface area contributed by atoms with Crippen LogP contribution in [0.1, 0.15) is 45.7 Å². The molecule has 1 aliphatic heterocycles. The van der Waals surface area contributed by atoms with Crippen LogP contribution >= 0.6 is 22.9 Å². The average molecular weight is 500 g/mol. The van der Waals surface area contributed by atoms with Gasteiger partial charge in [0.15, 0.2) is 0 Å². The van der Waals surface area contributed by atoms with Crippen molar-refractivity contribution in [1.29, 1.82) is 0 Å². The van der Waals surface area contributed by atoms with Crippen LogP contribution in [0.3, 0.4) is 0 Å². The molecule has 0 aliphatic carbocycles. The fourth-order valence-electron chi connectivity index (χ4n) is 3.81. The summed E-state index contributed by atoms with van der Waals surface area (Å²) in [5, 5.41) is 11.0. The Labute approximate surface area is 209 Å². The molecule has 8 heteroatoms. The smallest absolute Gasteiger partial charge is 0.410 e. The van der Waals surface area contributed by atoms with Gasteiger partial charge in [-0.05, 0) is 82.9 Å². The van der Waals surface area contributed by atoms with Gasteiger partial charge in [0.1, 0.15) is 21.4 Å². The van der Waals surface area contributed by atoms with E-state index in [0.717, 1.165) is 34.0 Å². The van der Waals surface area contributed by atoms with Crippen LogP contribution in [0.5, 0.6) is 5.75 Å². The Hall–Kier alpha value is -2.64. The Morgan fingerprint density at radius 2 is 1.62 bits per heavy atom. The van der Waals surface area contributed by atoms with Gasteiger partial charge in [-0.25, -0.2) is 4.79 Å². The lowest BCUT2D eigenvalue weighted by molar-refractivity contribution is 0.0258. The van der Waals surface area contributed by atoms with Gasteiger partial charge < -0.3 is 14.4 Å². The number of rotatable bonds is 4. The first-order valence-corrected chi connectivity index (χ1v) is 12.7. The number of fused-ring (bicyclic) bond motifs is 1. The number of carbonyl (C=O) groups excluding carboxylic acids is 1. The number of hydrogen-bond acceptors (Lipinski definition) is 6. The number of aromatic nitrogens is 2. The highest BCUT2D eigenvalue weighted by Gasteiger charge is 2.24. The van der Waals surface area contributed by atoms with Crippen molar-refractivity contribution in [3.63, 3.8) is 0 Å². The van der Waals surface area contributed by atoms with Crippen LogP contribution in [0.2, 0.25) is 5.02 Å². The Balaban J connectivity index is 1.50. The second-order valence-corrected chi connectivity index (χ2v) is 11.1. The summed E-state index contributed by atoms with van der Waals surface area (Å²) in [6.45, 7) is 10.9. The van der Waals surface area contributed by atoms with Crippen molar-refractivity contribution in [3.8, 4) is 26.9 Å². The summed E-state index contributed by atoms with van der Waals surface area (Å²) in [5.74, 6) is 0.663. The summed E-state index contributed by atoms with van der Waals surface area (Å²) in [5.41, 5.74) is 3.93. The zero-order valence-corrected chi connectivity index (χ0v) is 21.8. The first-order valence-electron chi connectivity index (χ1n) is 11.5. The zero-order chi connectivity index (χ0) is 24.5. The largest absolute Gasteiger partial charge is 0.489 e. The van der Waals surface area contributed by atoms with E-state index >= 15 is 0 Å². The van der Waals surface area contributed by atoms with Crippen molar-refractivity contribution in [2.75, 3.05) is 13.1 Å². The molecule has 0 N–H and O–H groups in total. The van der Waals surface area contributed by atoms with Crippen LogP contribution < -0.4 is 4.74 Å². The minimum atomic E-state index is -0.495. The van der Waals surface area contributed by atoms with Gasteiger partial charge in [0.2, 0.25) is 0 Å². The van der Waals surface area contributed by atoms with E-state index in [9.17, 15) is 4.79 Å². The first kappa shape index (κ1) is 24.5. The van der Waals surface area contributed by atoms with Crippen LogP contribution in [0.25, 0.3) is 21.1 Å². The lowest BCUT2D eigenvalue weighted by atomic mass is 10.0. The molecule has 0 fully saturated rings. The Morgan fingerprint density at radius 3 is 2.24 bits per heavy atom. The minimum Gasteiger partial charge on any atom is -0.489 e. The summed E-state index contributed by atoms with van der Waals surface area (Å²) in [6, 6.07) is 12.1. The number of halogens is 1. The molecule has 180 valence electrons. The maximum Gasteiger partial charge on any atom is 0.410 e. The molecule has 1 amide bonds. The van der Waals surface area contributed by atoms with Gasteiger partial charge in [-0.1, -0.05) is 35.1 Å². The first-order chi connectivity index (χ1) is 16.1. The average Bonchev–Trinajstić information content (AvgIpc) is 3.14. The van der Waals surface area contributed by atoms with E-state index < -0.39 is 5.60 Å². The van der Waals surface area contributed by atoms with Crippen molar-refractivity contribution in [2.24, 2.45) is 0 Å². The third-order valence-corrected chi connectivity index (χ3v) is 6.69. The fraction of sp³-hybridized carbons (Fsp3) is 0.423. The Kier molecular flexibility index (Phi) is 7.14. The number of amides is 1. The monoisotopic (exact) mass is 499 g/mol. The van der Waals surface area contributed by atoms with Gasteiger partial charge in [-0.3, -0.25) is 0 Å². The standard InChI is InChI=1S/C26H30ClN3O3S/c1-16(2)32-22-9-8-20(15-21(22)27)24-29-28-23(34-24)19-7-6-17-10-12-30(13-11-18(17)14-19)25(31)33-26(3,4)5/h6-9,14-16H,10-13H2,1-5H3. The van der Waals surface area contributed by atoms with Gasteiger partial charge in [0.05, 0.1) is 11.1 Å². The molecule has 0 bridgehead atoms. The molecule has 3 aromatic rings. The quantitative estimate of drug-likeness (QED) is 0.402. The molecule has 0 saturated carbocycles. The molecular formula is C26H30ClN3O3S. The maximum atomic E-state index is 12.5. The second kappa shape index (κ2) is 9.92. The van der Waals surface area contributed by atoms with E-state index in [4.69, 9.17) is 21.1 Å². The topological polar surface area (TPSA) is 64.6 Å². The molecule has 0 atom stereocenters. The van der Waals surface area contributed by atoms with E-state index in [0.29, 0.717) is 23.9 Å². The summed E-state index contributed by atoms with van der Waals surface area (Å²) >= 11 is 7.93. The van der Waals surface area contributed by atoms with Crippen molar-refractivity contribution >= 4 is 29.0 Å². The Bertz CT molecular complexity index is 1190. The summed E-state index contributed by atoms with van der Waals surface area (Å²) in [6.07, 6.45) is 1.39. The van der Waals surface area contributed by atoms with Crippen molar-refractivity contribution in [1.82, 2.24) is 15.1 Å². The molecule has 6 nitrogen and oxygen atoms in total. The molecule has 2 aromatic carbocycles. The SMILES string of the molecule is CC(C)Oc1ccc(-c2nnc(-c3ccc4c(c3)CCN(C(=O)OC(C)(C)C)CC4)s2)cc1Cl. The van der Waals surface area contributed by atoms with Crippen molar-refractivity contribution < 1.29 is 14.3 Å². The number of benzene rings is 2. The van der Waals surface area contributed by atoms with E-state index in [1.54, 1.807) is 4.90 Å². The molecule has 4 rings (SSSR count). The predicted molar refractivity (Wildman–Crippen MR) is 137 cm³/mol. The van der Waals surface area contributed by atoms with Crippen LogP contribution in [-0.2, 0) is 17.6 Å². The van der Waals surface area contributed by atoms with Gasteiger partial charge in [0, 0.05) is 24.2 Å². The molecule has 0 radical (unpaired) electrons. The van der Waals surface area contributed by atoms with E-state index in [1.165, 1.54) is 22.5 Å². The van der Waals surface area contributed by atoms with Gasteiger partial charge in [-0.15, -0.1) is 10.2 Å². The van der Waals surface area contributed by atoms with Crippen molar-refractivity contribution in [2.45, 2.75) is 59.2 Å². The maximum absolute atomic E-state index is 12.5. The van der Waals surface area contributed by atoms with Crippen LogP contribution in [0.4, 0.5) is 4.79 Å². The summed E-state index contributed by atoms with van der Waals surface area (Å²) in [7, 11) is 0. The minimum absolute atomic E-state index is 0.0564. The highest BCUT2D eigenvalue weighted by molar-refractivity contribution is 7.17. The molecular weight excluding hydrogens is 470 g/mol. The van der Waals surface area contributed by atoms with Crippen LogP contribution in [0, 0.1) is 0 Å². The number of hydrogen-bond donors (Lipinski definition) is 0. The van der Waals surface area contributed by atoms with Gasteiger partial charge >= 0.3 is 6.09 Å². The third kappa shape index (κ3) is 5.88. The molecule has 0 unspecified atom stereocenters. The number of nitrogens with zero attached hydrogens (tertiary/aromatic N) is 3. The van der Waals surface area contributed by atoms with Crippen LogP contribution in [-0.4, -0.2) is 46.0 Å². The molecule has 2 heterocycles. The second-order valence-electron chi connectivity index (χ2n) is 9.68. The molecule has 0 saturated heterocycles. The van der Waals surface area contributed by atoms with E-state index in [1.807, 2.05) is 52.8 Å². The van der Waals surface area contributed by atoms with E-state index in [2.05, 4.69) is 28.4 Å². The van der Waals surface area contributed by atoms with E-state index in [-0.39, 0.29) is 12.2 Å². The molecule has 1 aromatic heterocycles. The highest BCUT2D eigenvalue weighted by atomic mass is 35.5. The highest BCUT2D eigenvalue weighted by Crippen LogP contribution is 2.35. The molecule has 0 spiro atoms. The number of ether oxygens (including phenoxy) is 2. The van der Waals surface area contributed by atoms with Gasteiger partial charge in [0.25, 0.3) is 0 Å². The van der Waals surface area contributed by atoms with Crippen molar-refractivity contribution in [3.05, 3.63) is 52.5 Å². The zero-order valence-electron chi connectivity index (χ0n) is 20.2. The summed E-state index contributed by atoms with van der Waals surface area (Å²) < 4.78 is 11.3. The number of carbonyl (C=O) groups is 1. The van der Waals surface area contributed by atoms with Crippen LogP contribution in [0.15, 0.2) is 36.4 Å². The normalized spacial score (nSPS) is 14.0. The third-order valence-electron chi connectivity index (χ3n) is 5.37. The lowest BCUT2D eigenvalue weighted by Crippen LogP contribution is -2.38. The molecule has 34 heavy (non-hydrogen) atoms.